The van der Waals surface area contributed by atoms with Crippen molar-refractivity contribution in [1.82, 2.24) is 20.6 Å². The predicted molar refractivity (Wildman–Crippen MR) is 77.1 cm³/mol. The summed E-state index contributed by atoms with van der Waals surface area (Å²) in [5.41, 5.74) is 1.31. The molecule has 8 nitrogen and oxygen atoms in total. The van der Waals surface area contributed by atoms with E-state index in [4.69, 9.17) is 5.11 Å². The van der Waals surface area contributed by atoms with Gasteiger partial charge in [-0.1, -0.05) is 12.1 Å². The Morgan fingerprint density at radius 2 is 1.91 bits per heavy atom. The van der Waals surface area contributed by atoms with Gasteiger partial charge in [0, 0.05) is 0 Å². The van der Waals surface area contributed by atoms with Crippen LogP contribution < -0.4 is 10.6 Å². The van der Waals surface area contributed by atoms with Gasteiger partial charge in [-0.15, -0.1) is 0 Å². The summed E-state index contributed by atoms with van der Waals surface area (Å²) in [6, 6.07) is 6.06. The van der Waals surface area contributed by atoms with Crippen LogP contribution in [0.1, 0.15) is 17.4 Å². The largest absolute Gasteiger partial charge is 0.480 e. The average Bonchev–Trinajstić information content (AvgIpc) is 2.52. The fourth-order valence-electron chi connectivity index (χ4n) is 1.67. The maximum atomic E-state index is 11.9. The van der Waals surface area contributed by atoms with Crippen molar-refractivity contribution < 1.29 is 19.5 Å². The maximum absolute atomic E-state index is 11.9. The molecule has 1 aromatic carbocycles. The first-order valence-corrected chi connectivity index (χ1v) is 6.49. The second-order valence-electron chi connectivity index (χ2n) is 4.55. The summed E-state index contributed by atoms with van der Waals surface area (Å²) in [5.74, 6) is -2.31. The number of carboxylic acids is 1. The molecule has 0 fully saturated rings. The molecule has 0 saturated heterocycles. The molecule has 1 aromatic heterocycles. The second-order valence-corrected chi connectivity index (χ2v) is 4.55. The number of aliphatic carboxylic acids is 1. The maximum Gasteiger partial charge on any atom is 0.325 e. The molecule has 8 heteroatoms. The van der Waals surface area contributed by atoms with Crippen LogP contribution in [0.25, 0.3) is 11.0 Å². The number of hydrogen-bond donors (Lipinski definition) is 3. The van der Waals surface area contributed by atoms with Crippen LogP contribution in [0, 0.1) is 0 Å². The van der Waals surface area contributed by atoms with Gasteiger partial charge in [0.1, 0.15) is 11.7 Å². The summed E-state index contributed by atoms with van der Waals surface area (Å²) in [6.07, 6.45) is 1.31. The monoisotopic (exact) mass is 302 g/mol. The summed E-state index contributed by atoms with van der Waals surface area (Å²) >= 11 is 0. The minimum atomic E-state index is -1.15. The number of fused-ring (bicyclic) bond motifs is 1. The first-order valence-electron chi connectivity index (χ1n) is 6.49. The number of hydrogen-bond acceptors (Lipinski definition) is 5. The number of aromatic nitrogens is 2. The van der Waals surface area contributed by atoms with E-state index >= 15 is 0 Å². The Kier molecular flexibility index (Phi) is 4.62. The van der Waals surface area contributed by atoms with Gasteiger partial charge in [0.15, 0.2) is 0 Å². The molecule has 3 N–H and O–H groups in total. The minimum Gasteiger partial charge on any atom is -0.480 e. The minimum absolute atomic E-state index is 0.0813. The number of benzene rings is 1. The molecule has 0 bridgehead atoms. The molecule has 1 atom stereocenters. The Morgan fingerprint density at radius 3 is 2.59 bits per heavy atom. The SMILES string of the molecule is C[C@@H](NC(=O)CNC(=O)c1cnc2ccccc2n1)C(=O)O. The van der Waals surface area contributed by atoms with E-state index in [1.807, 2.05) is 6.07 Å². The smallest absolute Gasteiger partial charge is 0.325 e. The normalized spacial score (nSPS) is 11.7. The van der Waals surface area contributed by atoms with Crippen LogP contribution in [0.2, 0.25) is 0 Å². The van der Waals surface area contributed by atoms with E-state index < -0.39 is 23.8 Å². The molecule has 0 unspecified atom stereocenters. The van der Waals surface area contributed by atoms with E-state index in [1.54, 1.807) is 18.2 Å². The molecular formula is C14H14N4O4. The third-order valence-electron chi connectivity index (χ3n) is 2.84. The zero-order chi connectivity index (χ0) is 16.1. The van der Waals surface area contributed by atoms with Gasteiger partial charge in [0.2, 0.25) is 5.91 Å². The Hall–Kier alpha value is -3.03. The Balaban J connectivity index is 1.96. The molecule has 2 aromatic rings. The molecular weight excluding hydrogens is 288 g/mol. The summed E-state index contributed by atoms with van der Waals surface area (Å²) in [4.78, 5) is 42.2. The second kappa shape index (κ2) is 6.61. The van der Waals surface area contributed by atoms with Crippen LogP contribution in [0.5, 0.6) is 0 Å². The standard InChI is InChI=1S/C14H14N4O4/c1-8(14(21)22)17-12(19)7-16-13(20)11-6-15-9-4-2-3-5-10(9)18-11/h2-6,8H,7H2,1H3,(H,16,20)(H,17,19)(H,21,22)/t8-/m1/s1. The van der Waals surface area contributed by atoms with Gasteiger partial charge in [0.05, 0.1) is 23.8 Å². The van der Waals surface area contributed by atoms with Gasteiger partial charge in [-0.25, -0.2) is 4.98 Å². The lowest BCUT2D eigenvalue weighted by Gasteiger charge is -2.09. The first kappa shape index (κ1) is 15.4. The van der Waals surface area contributed by atoms with E-state index in [0.717, 1.165) is 0 Å². The number of carbonyl (C=O) groups is 3. The topological polar surface area (TPSA) is 121 Å². The summed E-state index contributed by atoms with van der Waals surface area (Å²) in [5, 5.41) is 13.3. The number of nitrogens with one attached hydrogen (secondary N) is 2. The van der Waals surface area contributed by atoms with Crippen LogP contribution in [0.15, 0.2) is 30.5 Å². The third-order valence-corrected chi connectivity index (χ3v) is 2.84. The van der Waals surface area contributed by atoms with Gasteiger partial charge in [-0.05, 0) is 19.1 Å². The zero-order valence-electron chi connectivity index (χ0n) is 11.7. The van der Waals surface area contributed by atoms with Crippen LogP contribution >= 0.6 is 0 Å². The molecule has 1 heterocycles. The predicted octanol–water partition coefficient (Wildman–Crippen LogP) is -0.0511. The number of rotatable bonds is 5. The molecule has 2 rings (SSSR count). The summed E-state index contributed by atoms with van der Waals surface area (Å²) in [7, 11) is 0. The molecule has 0 saturated carbocycles. The fourth-order valence-corrected chi connectivity index (χ4v) is 1.67. The molecule has 114 valence electrons. The summed E-state index contributed by atoms with van der Waals surface area (Å²) in [6.45, 7) is 0.988. The van der Waals surface area contributed by atoms with Crippen LogP contribution in [0.4, 0.5) is 0 Å². The molecule has 0 aliphatic carbocycles. The molecule has 0 aliphatic heterocycles. The Bertz CT molecular complexity index is 732. The van der Waals surface area contributed by atoms with Crippen molar-refractivity contribution in [3.8, 4) is 0 Å². The van der Waals surface area contributed by atoms with Crippen molar-refractivity contribution in [2.24, 2.45) is 0 Å². The highest BCUT2D eigenvalue weighted by Gasteiger charge is 2.15. The number of para-hydroxylation sites is 2. The van der Waals surface area contributed by atoms with Gasteiger partial charge in [-0.2, -0.15) is 0 Å². The zero-order valence-corrected chi connectivity index (χ0v) is 11.7. The molecule has 0 spiro atoms. The van der Waals surface area contributed by atoms with Crippen molar-refractivity contribution in [2.45, 2.75) is 13.0 Å². The van der Waals surface area contributed by atoms with Gasteiger partial charge in [-0.3, -0.25) is 19.4 Å². The quantitative estimate of drug-likeness (QED) is 0.712. The highest BCUT2D eigenvalue weighted by molar-refractivity contribution is 5.96. The lowest BCUT2D eigenvalue weighted by atomic mass is 10.3. The lowest BCUT2D eigenvalue weighted by Crippen LogP contribution is -2.44. The number of carboxylic acid groups (broad SMARTS) is 1. The highest BCUT2D eigenvalue weighted by Crippen LogP contribution is 2.08. The van der Waals surface area contributed by atoms with Crippen LogP contribution in [-0.4, -0.2) is 45.4 Å². The molecule has 0 aliphatic rings. The van der Waals surface area contributed by atoms with Crippen molar-refractivity contribution >= 4 is 28.8 Å². The van der Waals surface area contributed by atoms with Crippen molar-refractivity contribution in [3.63, 3.8) is 0 Å². The van der Waals surface area contributed by atoms with E-state index in [9.17, 15) is 14.4 Å². The molecule has 0 radical (unpaired) electrons. The fraction of sp³-hybridized carbons (Fsp3) is 0.214. The van der Waals surface area contributed by atoms with E-state index in [2.05, 4.69) is 20.6 Å². The average molecular weight is 302 g/mol. The van der Waals surface area contributed by atoms with Crippen LogP contribution in [-0.2, 0) is 9.59 Å². The number of carbonyl (C=O) groups excluding carboxylic acids is 2. The van der Waals surface area contributed by atoms with Gasteiger partial charge < -0.3 is 15.7 Å². The number of nitrogens with zero attached hydrogens (tertiary/aromatic N) is 2. The van der Waals surface area contributed by atoms with Gasteiger partial charge >= 0.3 is 5.97 Å². The van der Waals surface area contributed by atoms with E-state index in [0.29, 0.717) is 11.0 Å². The Labute approximate surface area is 125 Å². The van der Waals surface area contributed by atoms with Crippen molar-refractivity contribution in [3.05, 3.63) is 36.2 Å². The first-order chi connectivity index (χ1) is 10.5. The lowest BCUT2D eigenvalue weighted by molar-refractivity contribution is -0.141. The third kappa shape index (κ3) is 3.75. The molecule has 22 heavy (non-hydrogen) atoms. The van der Waals surface area contributed by atoms with Crippen molar-refractivity contribution in [1.29, 1.82) is 0 Å². The summed E-state index contributed by atoms with van der Waals surface area (Å²) < 4.78 is 0. The highest BCUT2D eigenvalue weighted by atomic mass is 16.4. The Morgan fingerprint density at radius 1 is 1.23 bits per heavy atom. The number of amides is 2. The van der Waals surface area contributed by atoms with Gasteiger partial charge in [0.25, 0.3) is 5.91 Å². The van der Waals surface area contributed by atoms with Crippen LogP contribution in [0.3, 0.4) is 0 Å². The van der Waals surface area contributed by atoms with Crippen molar-refractivity contribution in [2.75, 3.05) is 6.54 Å². The van der Waals surface area contributed by atoms with E-state index in [-0.39, 0.29) is 12.2 Å². The molecule has 2 amide bonds. The van der Waals surface area contributed by atoms with E-state index in [1.165, 1.54) is 13.1 Å².